The van der Waals surface area contributed by atoms with Gasteiger partial charge in [-0.15, -0.1) is 0 Å². The van der Waals surface area contributed by atoms with Gasteiger partial charge in [-0.25, -0.2) is 0 Å². The molecular formula is C9H12In2O2. The molecule has 1 heterocycles. The molecule has 0 aromatic rings. The molecule has 0 aliphatic carbocycles. The van der Waals surface area contributed by atoms with Crippen LogP contribution in [0.4, 0.5) is 0 Å². The van der Waals surface area contributed by atoms with E-state index in [-0.39, 0.29) is 5.76 Å². The number of hydrogen-bond donors (Lipinski definition) is 2. The van der Waals surface area contributed by atoms with Crippen molar-refractivity contribution in [1.29, 1.82) is 0 Å². The molecule has 1 aliphatic rings. The van der Waals surface area contributed by atoms with Gasteiger partial charge < -0.3 is 0 Å². The Labute approximate surface area is 104 Å². The summed E-state index contributed by atoms with van der Waals surface area (Å²) < 4.78 is 3.92. The van der Waals surface area contributed by atoms with Gasteiger partial charge in [-0.1, -0.05) is 0 Å². The monoisotopic (exact) mass is 382 g/mol. The van der Waals surface area contributed by atoms with Gasteiger partial charge in [0.05, 0.1) is 0 Å². The van der Waals surface area contributed by atoms with Gasteiger partial charge in [-0.3, -0.25) is 0 Å². The van der Waals surface area contributed by atoms with E-state index in [2.05, 4.69) is 9.91 Å². The molecule has 0 fully saturated rings. The van der Waals surface area contributed by atoms with Crippen LogP contribution in [-0.4, -0.2) is 66.4 Å². The summed E-state index contributed by atoms with van der Waals surface area (Å²) in [5.41, 5.74) is 0.829. The van der Waals surface area contributed by atoms with Crippen molar-refractivity contribution < 1.29 is 10.2 Å². The first kappa shape index (κ1) is 11.9. The Bertz CT molecular complexity index is 277. The van der Waals surface area contributed by atoms with Crippen LogP contribution >= 0.6 is 0 Å². The third-order valence-electron chi connectivity index (χ3n) is 2.12. The molecule has 2 unspecified atom stereocenters. The molecule has 0 saturated heterocycles. The quantitative estimate of drug-likeness (QED) is 0.686. The SMILES string of the molecule is CC(C)=C(O)C(O)[CH]1[In][CH]=C[C]1=[In]. The Hall–Kier alpha value is 0.850. The Morgan fingerprint density at radius 1 is 1.62 bits per heavy atom. The van der Waals surface area contributed by atoms with Crippen LogP contribution in [-0.2, 0) is 0 Å². The molecule has 0 aromatic carbocycles. The molecular weight excluding hydrogens is 370 g/mol. The molecule has 0 aromatic heterocycles. The zero-order valence-corrected chi connectivity index (χ0v) is 14.4. The summed E-state index contributed by atoms with van der Waals surface area (Å²) in [5.74, 6) is 0.187. The van der Waals surface area contributed by atoms with Gasteiger partial charge in [-0.05, 0) is 0 Å². The van der Waals surface area contributed by atoms with E-state index in [9.17, 15) is 10.2 Å². The summed E-state index contributed by atoms with van der Waals surface area (Å²) >= 11 is 0.292. The fourth-order valence-electron chi connectivity index (χ4n) is 1.26. The molecule has 2 atom stereocenters. The van der Waals surface area contributed by atoms with Gasteiger partial charge in [0.1, 0.15) is 0 Å². The van der Waals surface area contributed by atoms with E-state index in [0.29, 0.717) is 3.67 Å². The second-order valence-electron chi connectivity index (χ2n) is 3.41. The van der Waals surface area contributed by atoms with Crippen LogP contribution in [0.2, 0.25) is 3.67 Å². The van der Waals surface area contributed by atoms with Crippen molar-refractivity contribution in [2.75, 3.05) is 0 Å². The van der Waals surface area contributed by atoms with E-state index in [1.807, 2.05) is 13.8 Å². The molecule has 66 valence electrons. The van der Waals surface area contributed by atoms with Gasteiger partial charge in [0, 0.05) is 0 Å². The third-order valence-corrected chi connectivity index (χ3v) is 11.4. The van der Waals surface area contributed by atoms with Crippen LogP contribution in [0, 0.1) is 0 Å². The van der Waals surface area contributed by atoms with Crippen LogP contribution in [0.25, 0.3) is 0 Å². The minimum atomic E-state index is -0.783. The maximum atomic E-state index is 9.86. The number of rotatable bonds is 2. The molecule has 2 nitrogen and oxygen atoms in total. The van der Waals surface area contributed by atoms with E-state index in [0.717, 1.165) is 29.5 Å². The second kappa shape index (κ2) is 5.08. The van der Waals surface area contributed by atoms with Crippen molar-refractivity contribution in [3.05, 3.63) is 21.2 Å². The zero-order chi connectivity index (χ0) is 10.0. The zero-order valence-electron chi connectivity index (χ0n) is 7.86. The maximum absolute atomic E-state index is 9.86. The van der Waals surface area contributed by atoms with E-state index < -0.39 is 29.0 Å². The average Bonchev–Trinajstić information content (AvgIpc) is 2.48. The van der Waals surface area contributed by atoms with E-state index in [1.165, 1.54) is 3.26 Å². The molecule has 13 heavy (non-hydrogen) atoms. The first-order valence-electron chi connectivity index (χ1n) is 4.22. The topological polar surface area (TPSA) is 40.5 Å². The molecule has 4 heteroatoms. The Morgan fingerprint density at radius 2 is 2.23 bits per heavy atom. The van der Waals surface area contributed by atoms with Gasteiger partial charge in [0.15, 0.2) is 0 Å². The summed E-state index contributed by atoms with van der Waals surface area (Å²) in [4.78, 5) is 0. The predicted molar refractivity (Wildman–Crippen MR) is 56.4 cm³/mol. The van der Waals surface area contributed by atoms with Gasteiger partial charge in [0.25, 0.3) is 0 Å². The minimum absolute atomic E-state index is 0.187. The van der Waals surface area contributed by atoms with Crippen molar-refractivity contribution in [2.24, 2.45) is 0 Å². The van der Waals surface area contributed by atoms with Crippen molar-refractivity contribution in [2.45, 2.75) is 23.6 Å². The Balaban J connectivity index is 2.74. The summed E-state index contributed by atoms with van der Waals surface area (Å²) in [6.45, 7) is 3.67. The first-order chi connectivity index (χ1) is 6.04. The van der Waals surface area contributed by atoms with Crippen LogP contribution in [0.1, 0.15) is 13.8 Å². The van der Waals surface area contributed by atoms with Gasteiger partial charge >= 0.3 is 105 Å². The second-order valence-corrected chi connectivity index (χ2v) is 9.56. The molecule has 0 spiro atoms. The number of allylic oxidation sites excluding steroid dienone is 2. The molecule has 1 rings (SSSR count). The van der Waals surface area contributed by atoms with E-state index in [4.69, 9.17) is 0 Å². The van der Waals surface area contributed by atoms with Crippen molar-refractivity contribution in [3.8, 4) is 0 Å². The molecule has 2 radical (unpaired) electrons. The fraction of sp³-hybridized carbons (Fsp3) is 0.444. The summed E-state index contributed by atoms with van der Waals surface area (Å²) in [5, 5.41) is 19.5. The first-order valence-corrected chi connectivity index (χ1v) is 9.67. The number of aliphatic hydroxyl groups is 2. The summed E-state index contributed by atoms with van der Waals surface area (Å²) in [6.07, 6.45) is 1.53. The molecule has 2 N–H and O–H groups in total. The summed E-state index contributed by atoms with van der Waals surface area (Å²) in [6, 6.07) is 0. The van der Waals surface area contributed by atoms with Gasteiger partial charge in [-0.2, -0.15) is 0 Å². The van der Waals surface area contributed by atoms with Crippen LogP contribution in [0.3, 0.4) is 0 Å². The van der Waals surface area contributed by atoms with Gasteiger partial charge in [0.2, 0.25) is 0 Å². The average molecular weight is 382 g/mol. The predicted octanol–water partition coefficient (Wildman–Crippen LogP) is 0.560. The number of hydrogen-bond acceptors (Lipinski definition) is 2. The standard InChI is InChI=1S/C9H12O2.2In/c1-4-5-6-8(10)9(11)7(2)3;;/h1,4,6,8,10-11H,2-3H3;;. The van der Waals surface area contributed by atoms with E-state index in [1.54, 1.807) is 0 Å². The summed E-state index contributed by atoms with van der Waals surface area (Å²) in [7, 11) is 0. The Morgan fingerprint density at radius 3 is 2.62 bits per heavy atom. The molecule has 0 saturated carbocycles. The van der Waals surface area contributed by atoms with Crippen molar-refractivity contribution in [3.63, 3.8) is 0 Å². The molecule has 0 bridgehead atoms. The fourth-order valence-corrected chi connectivity index (χ4v) is 9.74. The number of aliphatic hydroxyl groups excluding tert-OH is 2. The molecule has 1 aliphatic heterocycles. The normalized spacial score (nSPS) is 22.6. The van der Waals surface area contributed by atoms with Crippen molar-refractivity contribution in [1.82, 2.24) is 0 Å². The van der Waals surface area contributed by atoms with Crippen LogP contribution in [0.15, 0.2) is 21.2 Å². The Kier molecular flexibility index (Phi) is 4.66. The molecule has 0 amide bonds. The van der Waals surface area contributed by atoms with Crippen LogP contribution < -0.4 is 0 Å². The van der Waals surface area contributed by atoms with E-state index >= 15 is 0 Å². The third kappa shape index (κ3) is 2.90. The van der Waals surface area contributed by atoms with Crippen LogP contribution in [0.5, 0.6) is 0 Å². The van der Waals surface area contributed by atoms with Crippen molar-refractivity contribution >= 4 is 50.1 Å².